The van der Waals surface area contributed by atoms with Crippen LogP contribution in [0.2, 0.25) is 0 Å². The highest BCUT2D eigenvalue weighted by Crippen LogP contribution is 1.97. The topological polar surface area (TPSA) is 52.6 Å². The van der Waals surface area contributed by atoms with Gasteiger partial charge in [0.05, 0.1) is 11.1 Å². The summed E-state index contributed by atoms with van der Waals surface area (Å²) < 4.78 is 9.43. The molecule has 0 aromatic heterocycles. The maximum Gasteiger partial charge on any atom is 0.337 e. The van der Waals surface area contributed by atoms with Crippen LogP contribution in [0, 0.1) is 0 Å². The molecule has 0 bridgehead atoms. The predicted molar refractivity (Wildman–Crippen MR) is 60.6 cm³/mol. The van der Waals surface area contributed by atoms with Crippen molar-refractivity contribution in [3.63, 3.8) is 0 Å². The molecule has 0 saturated heterocycles. The molecule has 0 fully saturated rings. The SMILES string of the molecule is C=CC(=C)C(=O)OCCOC(=O)C(=C)C=C. The quantitative estimate of drug-likeness (QED) is 0.284. The third-order valence-electron chi connectivity index (χ3n) is 1.57. The van der Waals surface area contributed by atoms with Gasteiger partial charge in [0.1, 0.15) is 13.2 Å². The van der Waals surface area contributed by atoms with Crippen molar-refractivity contribution >= 4 is 11.9 Å². The fourth-order valence-corrected chi connectivity index (χ4v) is 0.621. The first-order valence-corrected chi connectivity index (χ1v) is 4.49. The zero-order chi connectivity index (χ0) is 12.6. The fourth-order valence-electron chi connectivity index (χ4n) is 0.621. The highest BCUT2D eigenvalue weighted by Gasteiger charge is 2.07. The van der Waals surface area contributed by atoms with Gasteiger partial charge in [0.2, 0.25) is 0 Å². The lowest BCUT2D eigenvalue weighted by Gasteiger charge is -2.05. The molecule has 0 aromatic rings. The van der Waals surface area contributed by atoms with E-state index in [0.29, 0.717) is 0 Å². The number of hydrogen-bond acceptors (Lipinski definition) is 4. The minimum Gasteiger partial charge on any atom is -0.458 e. The van der Waals surface area contributed by atoms with Gasteiger partial charge in [0.15, 0.2) is 0 Å². The second kappa shape index (κ2) is 7.23. The average Bonchev–Trinajstić information content (AvgIpc) is 2.31. The van der Waals surface area contributed by atoms with E-state index in [1.807, 2.05) is 0 Å². The highest BCUT2D eigenvalue weighted by atomic mass is 16.6. The first kappa shape index (κ1) is 13.9. The van der Waals surface area contributed by atoms with Crippen LogP contribution in [-0.2, 0) is 19.1 Å². The lowest BCUT2D eigenvalue weighted by molar-refractivity contribution is -0.146. The van der Waals surface area contributed by atoms with Crippen LogP contribution < -0.4 is 0 Å². The van der Waals surface area contributed by atoms with Gasteiger partial charge in [-0.3, -0.25) is 0 Å². The summed E-state index contributed by atoms with van der Waals surface area (Å²) in [5, 5.41) is 0. The lowest BCUT2D eigenvalue weighted by Crippen LogP contribution is -2.14. The smallest absolute Gasteiger partial charge is 0.337 e. The first-order chi connectivity index (χ1) is 7.52. The molecular weight excluding hydrogens is 208 g/mol. The van der Waals surface area contributed by atoms with Gasteiger partial charge < -0.3 is 9.47 Å². The van der Waals surface area contributed by atoms with E-state index in [-0.39, 0.29) is 24.4 Å². The Hall–Kier alpha value is -2.10. The van der Waals surface area contributed by atoms with Gasteiger partial charge in [0, 0.05) is 0 Å². The van der Waals surface area contributed by atoms with E-state index in [1.165, 1.54) is 12.2 Å². The van der Waals surface area contributed by atoms with E-state index >= 15 is 0 Å². The number of ether oxygens (including phenoxy) is 2. The second-order valence-electron chi connectivity index (χ2n) is 2.73. The van der Waals surface area contributed by atoms with Gasteiger partial charge in [0.25, 0.3) is 0 Å². The summed E-state index contributed by atoms with van der Waals surface area (Å²) in [6.07, 6.45) is 2.57. The number of hydrogen-bond donors (Lipinski definition) is 0. The molecule has 0 radical (unpaired) electrons. The van der Waals surface area contributed by atoms with Crippen LogP contribution in [0.25, 0.3) is 0 Å². The molecule has 0 N–H and O–H groups in total. The predicted octanol–water partition coefficient (Wildman–Crippen LogP) is 1.56. The first-order valence-electron chi connectivity index (χ1n) is 4.49. The van der Waals surface area contributed by atoms with E-state index in [0.717, 1.165) is 0 Å². The summed E-state index contributed by atoms with van der Waals surface area (Å²) in [5.74, 6) is -1.18. The van der Waals surface area contributed by atoms with Gasteiger partial charge in [-0.1, -0.05) is 38.5 Å². The Balaban J connectivity index is 3.77. The molecule has 0 saturated carbocycles. The molecule has 4 heteroatoms. The molecular formula is C12H14O4. The molecule has 0 aliphatic carbocycles. The highest BCUT2D eigenvalue weighted by molar-refractivity contribution is 5.91. The van der Waals surface area contributed by atoms with Crippen molar-refractivity contribution in [2.45, 2.75) is 0 Å². The Morgan fingerprint density at radius 1 is 0.875 bits per heavy atom. The van der Waals surface area contributed by atoms with Gasteiger partial charge in [-0.15, -0.1) is 0 Å². The van der Waals surface area contributed by atoms with Gasteiger partial charge in [-0.2, -0.15) is 0 Å². The molecule has 0 rings (SSSR count). The van der Waals surface area contributed by atoms with Crippen LogP contribution in [0.4, 0.5) is 0 Å². The zero-order valence-corrected chi connectivity index (χ0v) is 9.03. The van der Waals surface area contributed by atoms with Gasteiger partial charge in [-0.25, -0.2) is 9.59 Å². The van der Waals surface area contributed by atoms with Crippen molar-refractivity contribution in [1.29, 1.82) is 0 Å². The molecule has 0 heterocycles. The van der Waals surface area contributed by atoms with Crippen molar-refractivity contribution in [1.82, 2.24) is 0 Å². The summed E-state index contributed by atoms with van der Waals surface area (Å²) in [6.45, 7) is 13.4. The molecule has 0 amide bonds. The Bertz CT molecular complexity index is 305. The summed E-state index contributed by atoms with van der Waals surface area (Å²) in [7, 11) is 0. The van der Waals surface area contributed by atoms with Crippen LogP contribution in [0.3, 0.4) is 0 Å². The van der Waals surface area contributed by atoms with Gasteiger partial charge in [-0.05, 0) is 0 Å². The van der Waals surface area contributed by atoms with E-state index in [9.17, 15) is 9.59 Å². The Morgan fingerprint density at radius 3 is 1.44 bits per heavy atom. The Morgan fingerprint density at radius 2 is 1.19 bits per heavy atom. The van der Waals surface area contributed by atoms with E-state index in [1.54, 1.807) is 0 Å². The van der Waals surface area contributed by atoms with Gasteiger partial charge >= 0.3 is 11.9 Å². The zero-order valence-electron chi connectivity index (χ0n) is 9.03. The second-order valence-corrected chi connectivity index (χ2v) is 2.73. The standard InChI is InChI=1S/C12H14O4/c1-5-9(3)11(13)15-7-8-16-12(14)10(4)6-2/h5-6H,1-4,7-8H2. The van der Waals surface area contributed by atoms with Crippen molar-refractivity contribution in [3.8, 4) is 0 Å². The minimum absolute atomic E-state index is 0.0398. The molecule has 16 heavy (non-hydrogen) atoms. The van der Waals surface area contributed by atoms with Crippen LogP contribution >= 0.6 is 0 Å². The summed E-state index contributed by atoms with van der Waals surface area (Å²) in [6, 6.07) is 0. The summed E-state index contributed by atoms with van der Waals surface area (Å²) >= 11 is 0. The van der Waals surface area contributed by atoms with Crippen molar-refractivity contribution in [2.75, 3.05) is 13.2 Å². The number of carbonyl (C=O) groups is 2. The van der Waals surface area contributed by atoms with E-state index in [2.05, 4.69) is 26.3 Å². The van der Waals surface area contributed by atoms with Crippen LogP contribution in [-0.4, -0.2) is 25.2 Å². The van der Waals surface area contributed by atoms with Crippen molar-refractivity contribution < 1.29 is 19.1 Å². The van der Waals surface area contributed by atoms with E-state index in [4.69, 9.17) is 9.47 Å². The molecule has 0 aromatic carbocycles. The number of carbonyl (C=O) groups excluding carboxylic acids is 2. The molecule has 0 unspecified atom stereocenters. The maximum atomic E-state index is 11.0. The molecule has 0 spiro atoms. The van der Waals surface area contributed by atoms with Crippen LogP contribution in [0.5, 0.6) is 0 Å². The van der Waals surface area contributed by atoms with Crippen molar-refractivity contribution in [2.24, 2.45) is 0 Å². The molecule has 0 aliphatic rings. The average molecular weight is 222 g/mol. The number of esters is 2. The van der Waals surface area contributed by atoms with Crippen LogP contribution in [0.1, 0.15) is 0 Å². The maximum absolute atomic E-state index is 11.0. The molecule has 0 aliphatic heterocycles. The van der Waals surface area contributed by atoms with Crippen molar-refractivity contribution in [3.05, 3.63) is 49.6 Å². The number of rotatable bonds is 7. The fraction of sp³-hybridized carbons (Fsp3) is 0.167. The normalized spacial score (nSPS) is 8.75. The molecule has 0 atom stereocenters. The Labute approximate surface area is 94.5 Å². The largest absolute Gasteiger partial charge is 0.458 e. The summed E-state index contributed by atoms with van der Waals surface area (Å²) in [5.41, 5.74) is 0.309. The van der Waals surface area contributed by atoms with E-state index < -0.39 is 11.9 Å². The van der Waals surface area contributed by atoms with Crippen LogP contribution in [0.15, 0.2) is 49.6 Å². The monoisotopic (exact) mass is 222 g/mol. The minimum atomic E-state index is -0.589. The molecule has 86 valence electrons. The molecule has 4 nitrogen and oxygen atoms in total. The lowest BCUT2D eigenvalue weighted by atomic mass is 10.3. The third kappa shape index (κ3) is 4.95. The third-order valence-corrected chi connectivity index (χ3v) is 1.57. The summed E-state index contributed by atoms with van der Waals surface area (Å²) in [4.78, 5) is 22.1. The Kier molecular flexibility index (Phi) is 6.28.